The Morgan fingerprint density at radius 3 is 0.754 bits per heavy atom. The van der Waals surface area contributed by atoms with E-state index in [1.165, 1.54) is 0 Å². The largest absolute Gasteiger partial charge is 0.289 e. The predicted molar refractivity (Wildman–Crippen MR) is 245 cm³/mol. The molecule has 0 amide bonds. The molecule has 10 rings (SSSR count). The number of hydrogen-bond acceptors (Lipinski definition) is 4. The van der Waals surface area contributed by atoms with Crippen molar-refractivity contribution < 1.29 is 19.2 Å². The molecule has 288 valence electrons. The fourth-order valence-corrected chi connectivity index (χ4v) is 8.66. The highest BCUT2D eigenvalue weighted by Gasteiger charge is 2.22. The molecule has 0 fully saturated rings. The first-order chi connectivity index (χ1) is 29.9. The number of carbonyl (C=O) groups excluding carboxylic acids is 4. The molecule has 0 atom stereocenters. The van der Waals surface area contributed by atoms with Crippen molar-refractivity contribution in [3.05, 3.63) is 262 Å². The minimum atomic E-state index is -0.211. The Labute approximate surface area is 352 Å². The van der Waals surface area contributed by atoms with Gasteiger partial charge in [-0.1, -0.05) is 170 Å². The molecule has 0 unspecified atom stereocenters. The SMILES string of the molecule is O=C(c1cc(Cc2cc(C(=O)c3cccc4ccccc34)cc(C(=O)c3cccc4ccccc34)c2)cc(C(=O)c2cccc3ccccc23)c1)c1cccc2ccccc12. The van der Waals surface area contributed by atoms with Crippen molar-refractivity contribution >= 4 is 66.2 Å². The van der Waals surface area contributed by atoms with E-state index in [1.807, 2.05) is 194 Å². The molecule has 0 heterocycles. The van der Waals surface area contributed by atoms with Gasteiger partial charge in [0.05, 0.1) is 0 Å². The highest BCUT2D eigenvalue weighted by Crippen LogP contribution is 2.30. The van der Waals surface area contributed by atoms with Crippen LogP contribution in [0.1, 0.15) is 74.8 Å². The summed E-state index contributed by atoms with van der Waals surface area (Å²) in [5, 5.41) is 7.02. The van der Waals surface area contributed by atoms with Gasteiger partial charge in [-0.15, -0.1) is 0 Å². The molecule has 10 aromatic rings. The minimum Gasteiger partial charge on any atom is -0.289 e. The van der Waals surface area contributed by atoms with E-state index in [9.17, 15) is 19.2 Å². The minimum absolute atomic E-state index is 0.211. The lowest BCUT2D eigenvalue weighted by Gasteiger charge is -2.14. The molecule has 0 aromatic heterocycles. The van der Waals surface area contributed by atoms with Crippen molar-refractivity contribution in [2.75, 3.05) is 0 Å². The second-order valence-electron chi connectivity index (χ2n) is 15.4. The van der Waals surface area contributed by atoms with Gasteiger partial charge in [-0.25, -0.2) is 0 Å². The van der Waals surface area contributed by atoms with Crippen LogP contribution >= 0.6 is 0 Å². The van der Waals surface area contributed by atoms with Gasteiger partial charge in [0, 0.05) is 44.5 Å². The second kappa shape index (κ2) is 15.6. The smallest absolute Gasteiger partial charge is 0.193 e. The van der Waals surface area contributed by atoms with E-state index in [0.717, 1.165) is 43.1 Å². The number of ketones is 4. The summed E-state index contributed by atoms with van der Waals surface area (Å²) in [6.45, 7) is 0. The molecule has 0 aliphatic rings. The molecule has 0 N–H and O–H groups in total. The first kappa shape index (κ1) is 37.2. The Kier molecular flexibility index (Phi) is 9.51. The van der Waals surface area contributed by atoms with Gasteiger partial charge in [0.1, 0.15) is 0 Å². The van der Waals surface area contributed by atoms with Gasteiger partial charge in [0.25, 0.3) is 0 Å². The summed E-state index contributed by atoms with van der Waals surface area (Å²) in [5.74, 6) is -0.843. The Bertz CT molecular complexity index is 2960. The standard InChI is InChI=1S/C57H36O4/c58-54(50-25-9-17-38-13-1-5-21-46(38)50)42-30-36(31-43(34-42)55(59)51-26-10-18-39-14-2-6-22-47(39)51)29-37-32-44(56(60)52-27-11-19-40-15-3-7-23-48(40)52)35-45(33-37)57(61)53-28-12-20-41-16-4-8-24-49(41)53/h1-28,30-35H,29H2. The molecule has 0 saturated carbocycles. The van der Waals surface area contributed by atoms with E-state index in [2.05, 4.69) is 0 Å². The zero-order valence-corrected chi connectivity index (χ0v) is 33.0. The molecule has 0 aliphatic carbocycles. The van der Waals surface area contributed by atoms with E-state index < -0.39 is 0 Å². The molecule has 4 heteroatoms. The third kappa shape index (κ3) is 7.00. The molecule has 0 aliphatic heterocycles. The van der Waals surface area contributed by atoms with Crippen LogP contribution in [-0.4, -0.2) is 23.1 Å². The van der Waals surface area contributed by atoms with Crippen LogP contribution in [0.4, 0.5) is 0 Å². The highest BCUT2D eigenvalue weighted by molar-refractivity contribution is 6.21. The maximum atomic E-state index is 14.6. The van der Waals surface area contributed by atoms with Crippen molar-refractivity contribution in [1.29, 1.82) is 0 Å². The van der Waals surface area contributed by atoms with Crippen LogP contribution in [-0.2, 0) is 6.42 Å². The van der Waals surface area contributed by atoms with Crippen molar-refractivity contribution in [1.82, 2.24) is 0 Å². The first-order valence-corrected chi connectivity index (χ1v) is 20.3. The molecular formula is C57H36O4. The van der Waals surface area contributed by atoms with E-state index in [0.29, 0.717) is 55.6 Å². The summed E-state index contributed by atoms with van der Waals surface area (Å²) in [4.78, 5) is 58.4. The van der Waals surface area contributed by atoms with E-state index in [-0.39, 0.29) is 29.6 Å². The van der Waals surface area contributed by atoms with Crippen LogP contribution in [0.25, 0.3) is 43.1 Å². The molecule has 10 aromatic carbocycles. The summed E-state index contributed by atoms with van der Waals surface area (Å²) < 4.78 is 0. The van der Waals surface area contributed by atoms with Crippen molar-refractivity contribution in [2.24, 2.45) is 0 Å². The molecular weight excluding hydrogens is 749 g/mol. The number of fused-ring (bicyclic) bond motifs is 4. The molecule has 0 spiro atoms. The van der Waals surface area contributed by atoms with Crippen molar-refractivity contribution in [3.63, 3.8) is 0 Å². The summed E-state index contributed by atoms with van der Waals surface area (Å²) >= 11 is 0. The van der Waals surface area contributed by atoms with Crippen LogP contribution in [0.15, 0.2) is 206 Å². The Morgan fingerprint density at radius 1 is 0.262 bits per heavy atom. The van der Waals surface area contributed by atoms with Gasteiger partial charge < -0.3 is 0 Å². The third-order valence-corrected chi connectivity index (χ3v) is 11.6. The van der Waals surface area contributed by atoms with Gasteiger partial charge in [-0.3, -0.25) is 19.2 Å². The van der Waals surface area contributed by atoms with E-state index >= 15 is 0 Å². The molecule has 61 heavy (non-hydrogen) atoms. The normalized spacial score (nSPS) is 11.3. The lowest BCUT2D eigenvalue weighted by Crippen LogP contribution is -2.10. The Morgan fingerprint density at radius 2 is 0.492 bits per heavy atom. The lowest BCUT2D eigenvalue weighted by molar-refractivity contribution is 0.102. The lowest BCUT2D eigenvalue weighted by atomic mass is 9.88. The van der Waals surface area contributed by atoms with Gasteiger partial charge in [0.15, 0.2) is 23.1 Å². The van der Waals surface area contributed by atoms with Crippen molar-refractivity contribution in [3.8, 4) is 0 Å². The van der Waals surface area contributed by atoms with Gasteiger partial charge in [-0.05, 0) is 97.0 Å². The predicted octanol–water partition coefficient (Wildman–Crippen LogP) is 12.8. The van der Waals surface area contributed by atoms with Crippen LogP contribution in [0.5, 0.6) is 0 Å². The average Bonchev–Trinajstić information content (AvgIpc) is 3.32. The van der Waals surface area contributed by atoms with Gasteiger partial charge >= 0.3 is 0 Å². The third-order valence-electron chi connectivity index (χ3n) is 11.6. The van der Waals surface area contributed by atoms with E-state index in [4.69, 9.17) is 0 Å². The van der Waals surface area contributed by atoms with Crippen LogP contribution in [0, 0.1) is 0 Å². The maximum absolute atomic E-state index is 14.6. The number of rotatable bonds is 10. The monoisotopic (exact) mass is 784 g/mol. The Balaban J connectivity index is 1.13. The molecule has 0 bridgehead atoms. The molecule has 4 nitrogen and oxygen atoms in total. The average molecular weight is 785 g/mol. The van der Waals surface area contributed by atoms with Gasteiger partial charge in [-0.2, -0.15) is 0 Å². The van der Waals surface area contributed by atoms with E-state index in [1.54, 1.807) is 12.1 Å². The summed E-state index contributed by atoms with van der Waals surface area (Å²) in [5.41, 5.74) is 4.98. The second-order valence-corrected chi connectivity index (χ2v) is 15.4. The zero-order chi connectivity index (χ0) is 41.5. The van der Waals surface area contributed by atoms with Gasteiger partial charge in [0.2, 0.25) is 0 Å². The molecule has 0 saturated heterocycles. The fraction of sp³-hybridized carbons (Fsp3) is 0.0175. The number of hydrogen-bond donors (Lipinski definition) is 0. The summed E-state index contributed by atoms with van der Waals surface area (Å²) in [6.07, 6.45) is 0.235. The first-order valence-electron chi connectivity index (χ1n) is 20.3. The fourth-order valence-electron chi connectivity index (χ4n) is 8.66. The quantitative estimate of drug-likeness (QED) is 0.130. The molecule has 0 radical (unpaired) electrons. The topological polar surface area (TPSA) is 68.3 Å². The summed E-state index contributed by atoms with van der Waals surface area (Å²) in [7, 11) is 0. The maximum Gasteiger partial charge on any atom is 0.193 e. The highest BCUT2D eigenvalue weighted by atomic mass is 16.1. The van der Waals surface area contributed by atoms with Crippen LogP contribution < -0.4 is 0 Å². The number of benzene rings is 10. The van der Waals surface area contributed by atoms with Crippen LogP contribution in [0.3, 0.4) is 0 Å². The Hall–Kier alpha value is -8.08. The number of carbonyl (C=O) groups is 4. The van der Waals surface area contributed by atoms with Crippen molar-refractivity contribution in [2.45, 2.75) is 6.42 Å². The summed E-state index contributed by atoms with van der Waals surface area (Å²) in [6, 6.07) is 64.4. The zero-order valence-electron chi connectivity index (χ0n) is 33.0. The van der Waals surface area contributed by atoms with Crippen LogP contribution in [0.2, 0.25) is 0 Å².